The molecule has 0 aromatic heterocycles. The molecule has 0 aromatic carbocycles. The Balaban J connectivity index is 1.71. The van der Waals surface area contributed by atoms with Crippen LogP contribution >= 0.6 is 11.8 Å². The van der Waals surface area contributed by atoms with Crippen LogP contribution in [0.3, 0.4) is 0 Å². The van der Waals surface area contributed by atoms with E-state index in [-0.39, 0.29) is 6.03 Å². The largest absolute Gasteiger partial charge is 0.331 e. The number of nitrogens with zero attached hydrogens (tertiary/aromatic N) is 2. The van der Waals surface area contributed by atoms with E-state index in [9.17, 15) is 4.79 Å². The first kappa shape index (κ1) is 14.0. The lowest BCUT2D eigenvalue weighted by Crippen LogP contribution is -2.50. The van der Waals surface area contributed by atoms with E-state index in [1.54, 1.807) is 4.90 Å². The van der Waals surface area contributed by atoms with Gasteiger partial charge in [-0.3, -0.25) is 0 Å². The second-order valence-corrected chi connectivity index (χ2v) is 6.67. The van der Waals surface area contributed by atoms with E-state index in [0.717, 1.165) is 25.9 Å². The third-order valence-electron chi connectivity index (χ3n) is 3.78. The number of thioether (sulfide) groups is 1. The molecule has 18 heavy (non-hydrogen) atoms. The van der Waals surface area contributed by atoms with Crippen LogP contribution in [0, 0.1) is 0 Å². The van der Waals surface area contributed by atoms with Gasteiger partial charge in [0.1, 0.15) is 0 Å². The SMILES string of the molecule is CN(C)C(=O)N1CCC(NC2CCCSC2)CC1. The average molecular weight is 271 g/mol. The highest BCUT2D eigenvalue weighted by molar-refractivity contribution is 7.99. The molecule has 4 nitrogen and oxygen atoms in total. The fourth-order valence-corrected chi connectivity index (χ4v) is 3.81. The molecular weight excluding hydrogens is 246 g/mol. The molecule has 0 aliphatic carbocycles. The van der Waals surface area contributed by atoms with Crippen LogP contribution in [0.15, 0.2) is 0 Å². The molecule has 0 spiro atoms. The number of hydrogen-bond donors (Lipinski definition) is 1. The van der Waals surface area contributed by atoms with Gasteiger partial charge >= 0.3 is 6.03 Å². The van der Waals surface area contributed by atoms with Gasteiger partial charge in [0.15, 0.2) is 0 Å². The van der Waals surface area contributed by atoms with Crippen molar-refractivity contribution in [3.8, 4) is 0 Å². The zero-order valence-corrected chi connectivity index (χ0v) is 12.3. The number of urea groups is 1. The van der Waals surface area contributed by atoms with E-state index in [4.69, 9.17) is 0 Å². The summed E-state index contributed by atoms with van der Waals surface area (Å²) in [6.07, 6.45) is 4.87. The topological polar surface area (TPSA) is 35.6 Å². The van der Waals surface area contributed by atoms with Crippen molar-refractivity contribution in [2.45, 2.75) is 37.8 Å². The molecule has 2 fully saturated rings. The maximum Gasteiger partial charge on any atom is 0.319 e. The van der Waals surface area contributed by atoms with E-state index in [0.29, 0.717) is 12.1 Å². The van der Waals surface area contributed by atoms with Crippen LogP contribution in [0.5, 0.6) is 0 Å². The van der Waals surface area contributed by atoms with E-state index >= 15 is 0 Å². The smallest absolute Gasteiger partial charge is 0.319 e. The van der Waals surface area contributed by atoms with Gasteiger partial charge in [-0.1, -0.05) is 0 Å². The molecule has 5 heteroatoms. The minimum Gasteiger partial charge on any atom is -0.331 e. The van der Waals surface area contributed by atoms with Crippen LogP contribution in [-0.2, 0) is 0 Å². The Kier molecular flexibility index (Phi) is 5.18. The Morgan fingerprint density at radius 2 is 1.94 bits per heavy atom. The zero-order chi connectivity index (χ0) is 13.0. The summed E-state index contributed by atoms with van der Waals surface area (Å²) >= 11 is 2.07. The van der Waals surface area contributed by atoms with Crippen molar-refractivity contribution in [2.24, 2.45) is 0 Å². The molecule has 2 heterocycles. The summed E-state index contributed by atoms with van der Waals surface area (Å²) in [6.45, 7) is 1.79. The van der Waals surface area contributed by atoms with E-state index in [1.807, 2.05) is 19.0 Å². The number of nitrogens with one attached hydrogen (secondary N) is 1. The molecule has 0 radical (unpaired) electrons. The first-order valence-corrected chi connectivity index (χ1v) is 8.12. The van der Waals surface area contributed by atoms with Gasteiger partial charge in [-0.15, -0.1) is 0 Å². The zero-order valence-electron chi connectivity index (χ0n) is 11.5. The first-order chi connectivity index (χ1) is 8.66. The quantitative estimate of drug-likeness (QED) is 0.829. The van der Waals surface area contributed by atoms with Gasteiger partial charge in [0.05, 0.1) is 0 Å². The first-order valence-electron chi connectivity index (χ1n) is 6.97. The van der Waals surface area contributed by atoms with Gasteiger partial charge in [0.25, 0.3) is 0 Å². The van der Waals surface area contributed by atoms with Crippen molar-refractivity contribution in [1.82, 2.24) is 15.1 Å². The maximum atomic E-state index is 11.8. The second kappa shape index (κ2) is 6.66. The van der Waals surface area contributed by atoms with Crippen molar-refractivity contribution in [3.63, 3.8) is 0 Å². The average Bonchev–Trinajstić information content (AvgIpc) is 2.40. The van der Waals surface area contributed by atoms with Gasteiger partial charge < -0.3 is 15.1 Å². The summed E-state index contributed by atoms with van der Waals surface area (Å²) in [5.41, 5.74) is 0. The minimum absolute atomic E-state index is 0.154. The Morgan fingerprint density at radius 1 is 1.22 bits per heavy atom. The third kappa shape index (κ3) is 3.79. The monoisotopic (exact) mass is 271 g/mol. The summed E-state index contributed by atoms with van der Waals surface area (Å²) in [4.78, 5) is 15.5. The van der Waals surface area contributed by atoms with Crippen molar-refractivity contribution >= 4 is 17.8 Å². The van der Waals surface area contributed by atoms with Crippen LogP contribution in [0.2, 0.25) is 0 Å². The van der Waals surface area contributed by atoms with Crippen LogP contribution in [-0.4, -0.2) is 66.6 Å². The molecule has 1 unspecified atom stereocenters. The van der Waals surface area contributed by atoms with Crippen molar-refractivity contribution in [2.75, 3.05) is 38.7 Å². The standard InChI is InChI=1S/C13H25N3OS/c1-15(2)13(17)16-7-5-11(6-8-16)14-12-4-3-9-18-10-12/h11-12,14H,3-10H2,1-2H3. The molecule has 2 rings (SSSR count). The Hall–Kier alpha value is -0.420. The van der Waals surface area contributed by atoms with Crippen LogP contribution in [0.4, 0.5) is 4.79 Å². The molecule has 2 aliphatic heterocycles. The highest BCUT2D eigenvalue weighted by Crippen LogP contribution is 2.19. The number of carbonyl (C=O) groups excluding carboxylic acids is 1. The maximum absolute atomic E-state index is 11.8. The Bertz CT molecular complexity index is 271. The van der Waals surface area contributed by atoms with Crippen LogP contribution in [0.1, 0.15) is 25.7 Å². The molecular formula is C13H25N3OS. The van der Waals surface area contributed by atoms with Crippen molar-refractivity contribution < 1.29 is 4.79 Å². The van der Waals surface area contributed by atoms with Gasteiger partial charge in [-0.25, -0.2) is 4.79 Å². The summed E-state index contributed by atoms with van der Waals surface area (Å²) in [5.74, 6) is 2.59. The summed E-state index contributed by atoms with van der Waals surface area (Å²) in [7, 11) is 3.65. The Labute approximate surface area is 114 Å². The highest BCUT2D eigenvalue weighted by Gasteiger charge is 2.25. The normalized spacial score (nSPS) is 26.1. The fourth-order valence-electron chi connectivity index (χ4n) is 2.73. The van der Waals surface area contributed by atoms with Crippen LogP contribution in [0.25, 0.3) is 0 Å². The third-order valence-corrected chi connectivity index (χ3v) is 5.00. The number of hydrogen-bond acceptors (Lipinski definition) is 3. The summed E-state index contributed by atoms with van der Waals surface area (Å²) in [6, 6.07) is 1.46. The minimum atomic E-state index is 0.154. The van der Waals surface area contributed by atoms with E-state index in [2.05, 4.69) is 17.1 Å². The van der Waals surface area contributed by atoms with Gasteiger partial charge in [0.2, 0.25) is 0 Å². The predicted molar refractivity (Wildman–Crippen MR) is 77.2 cm³/mol. The molecule has 2 saturated heterocycles. The number of amides is 2. The van der Waals surface area contributed by atoms with Gasteiger partial charge in [-0.05, 0) is 31.4 Å². The van der Waals surface area contributed by atoms with Crippen molar-refractivity contribution in [3.05, 3.63) is 0 Å². The lowest BCUT2D eigenvalue weighted by Gasteiger charge is -2.36. The lowest BCUT2D eigenvalue weighted by molar-refractivity contribution is 0.150. The number of rotatable bonds is 2. The molecule has 1 atom stereocenters. The van der Waals surface area contributed by atoms with Gasteiger partial charge in [0, 0.05) is 45.0 Å². The second-order valence-electron chi connectivity index (χ2n) is 5.52. The number of likely N-dealkylation sites (tertiary alicyclic amines) is 1. The van der Waals surface area contributed by atoms with E-state index in [1.165, 1.54) is 24.3 Å². The highest BCUT2D eigenvalue weighted by atomic mass is 32.2. The summed E-state index contributed by atoms with van der Waals surface area (Å²) in [5, 5.41) is 3.77. The number of piperidine rings is 1. The lowest BCUT2D eigenvalue weighted by atomic mass is 10.0. The van der Waals surface area contributed by atoms with Crippen molar-refractivity contribution in [1.29, 1.82) is 0 Å². The van der Waals surface area contributed by atoms with Crippen LogP contribution < -0.4 is 5.32 Å². The van der Waals surface area contributed by atoms with Gasteiger partial charge in [-0.2, -0.15) is 11.8 Å². The van der Waals surface area contributed by atoms with E-state index < -0.39 is 0 Å². The Morgan fingerprint density at radius 3 is 2.50 bits per heavy atom. The number of carbonyl (C=O) groups is 1. The molecule has 0 bridgehead atoms. The molecule has 0 aromatic rings. The molecule has 104 valence electrons. The molecule has 1 N–H and O–H groups in total. The predicted octanol–water partition coefficient (Wildman–Crippen LogP) is 1.62. The molecule has 2 aliphatic rings. The molecule has 0 saturated carbocycles. The molecule has 2 amide bonds. The summed E-state index contributed by atoms with van der Waals surface area (Å²) < 4.78 is 0. The fraction of sp³-hybridized carbons (Fsp3) is 0.923.